The van der Waals surface area contributed by atoms with Crippen LogP contribution in [0.4, 0.5) is 18.9 Å². The highest BCUT2D eigenvalue weighted by atomic mass is 32.2. The van der Waals surface area contributed by atoms with Crippen LogP contribution in [0, 0.1) is 6.92 Å². The monoisotopic (exact) mass is 462 g/mol. The van der Waals surface area contributed by atoms with Crippen LogP contribution in [0.5, 0.6) is 5.75 Å². The van der Waals surface area contributed by atoms with Crippen molar-refractivity contribution in [3.05, 3.63) is 78.1 Å². The second kappa shape index (κ2) is 7.84. The summed E-state index contributed by atoms with van der Waals surface area (Å²) < 4.78 is 67.7. The molecule has 2 aromatic heterocycles. The summed E-state index contributed by atoms with van der Waals surface area (Å²) in [5.74, 6) is -0.0913. The Bertz CT molecular complexity index is 1400. The van der Waals surface area contributed by atoms with Crippen molar-refractivity contribution in [2.45, 2.75) is 18.0 Å². The molecule has 0 radical (unpaired) electrons. The number of alkyl halides is 3. The molecule has 2 aromatic carbocycles. The number of nitrogens with two attached hydrogens (primary N) is 1. The van der Waals surface area contributed by atoms with E-state index in [0.717, 1.165) is 12.1 Å². The largest absolute Gasteiger partial charge is 0.417 e. The van der Waals surface area contributed by atoms with E-state index in [1.54, 1.807) is 24.4 Å². The zero-order valence-electron chi connectivity index (χ0n) is 16.6. The molecule has 0 aliphatic heterocycles. The quantitative estimate of drug-likeness (QED) is 0.434. The van der Waals surface area contributed by atoms with Gasteiger partial charge in [0.15, 0.2) is 11.4 Å². The molecule has 4 aromatic rings. The van der Waals surface area contributed by atoms with E-state index in [2.05, 4.69) is 4.98 Å². The molecule has 0 atom stereocenters. The van der Waals surface area contributed by atoms with Crippen LogP contribution in [0.15, 0.2) is 71.9 Å². The smallest absolute Gasteiger partial charge is 0.396 e. The number of anilines is 1. The number of hydrogen-bond donors (Lipinski definition) is 2. The summed E-state index contributed by atoms with van der Waals surface area (Å²) in [6, 6.07) is 12.5. The third kappa shape index (κ3) is 3.87. The molecular weight excluding hydrogens is 445 g/mol. The molecule has 166 valence electrons. The number of sulfonamides is 1. The fourth-order valence-corrected chi connectivity index (χ4v) is 4.15. The van der Waals surface area contributed by atoms with Crippen molar-refractivity contribution in [2.75, 3.05) is 5.73 Å². The number of nitrogens with zero attached hydrogens (tertiary/aromatic N) is 2. The summed E-state index contributed by atoms with van der Waals surface area (Å²) >= 11 is 0. The zero-order valence-corrected chi connectivity index (χ0v) is 17.4. The molecular formula is C21H17F3N4O3S. The number of pyridine rings is 1. The van der Waals surface area contributed by atoms with Crippen LogP contribution in [-0.4, -0.2) is 17.8 Å². The van der Waals surface area contributed by atoms with Crippen LogP contribution in [0.25, 0.3) is 16.9 Å². The van der Waals surface area contributed by atoms with Crippen LogP contribution in [-0.2, 0) is 16.2 Å². The van der Waals surface area contributed by atoms with Crippen molar-refractivity contribution >= 4 is 21.4 Å². The summed E-state index contributed by atoms with van der Waals surface area (Å²) in [7, 11) is -4.05. The molecule has 0 saturated carbocycles. The number of hydrogen-bond acceptors (Lipinski definition) is 5. The van der Waals surface area contributed by atoms with Crippen molar-refractivity contribution in [2.24, 2.45) is 0 Å². The summed E-state index contributed by atoms with van der Waals surface area (Å²) in [6.07, 6.45) is -1.85. The van der Waals surface area contributed by atoms with E-state index in [4.69, 9.17) is 10.6 Å². The van der Waals surface area contributed by atoms with Gasteiger partial charge in [-0.1, -0.05) is 18.2 Å². The summed E-state index contributed by atoms with van der Waals surface area (Å²) in [5, 5.41) is 0. The van der Waals surface area contributed by atoms with E-state index in [0.29, 0.717) is 11.3 Å². The number of imidazole rings is 1. The normalized spacial score (nSPS) is 12.2. The van der Waals surface area contributed by atoms with Gasteiger partial charge in [-0.2, -0.15) is 13.2 Å². The van der Waals surface area contributed by atoms with Crippen molar-refractivity contribution in [3.8, 4) is 17.0 Å². The standard InChI is InChI=1S/C21H17F3N4O3S/c1-13-18(31-27-32(29,30)14-6-3-2-4-7-14)10-9-15(21(22,23)24)19(13)17-12-26-20-16(25)8-5-11-28(17)20/h2-12,27H,25H2,1H3. The third-order valence-corrected chi connectivity index (χ3v) is 6.05. The fraction of sp³-hybridized carbons (Fsp3) is 0.0952. The first-order chi connectivity index (χ1) is 15.1. The first kappa shape index (κ1) is 21.7. The van der Waals surface area contributed by atoms with Crippen LogP contribution >= 0.6 is 0 Å². The van der Waals surface area contributed by atoms with Crippen molar-refractivity contribution in [1.82, 2.24) is 14.3 Å². The molecule has 0 fully saturated rings. The lowest BCUT2D eigenvalue weighted by Gasteiger charge is -2.18. The van der Waals surface area contributed by atoms with E-state index in [1.807, 2.05) is 4.89 Å². The molecule has 3 N–H and O–H groups in total. The van der Waals surface area contributed by atoms with Gasteiger partial charge >= 0.3 is 6.18 Å². The highest BCUT2D eigenvalue weighted by molar-refractivity contribution is 7.89. The summed E-state index contributed by atoms with van der Waals surface area (Å²) in [4.78, 5) is 11.3. The molecule has 32 heavy (non-hydrogen) atoms. The fourth-order valence-electron chi connectivity index (χ4n) is 3.33. The predicted molar refractivity (Wildman–Crippen MR) is 112 cm³/mol. The molecule has 0 saturated heterocycles. The number of rotatable bonds is 5. The first-order valence-electron chi connectivity index (χ1n) is 9.26. The van der Waals surface area contributed by atoms with Gasteiger partial charge in [0.2, 0.25) is 0 Å². The van der Waals surface area contributed by atoms with Gasteiger partial charge in [0.1, 0.15) is 0 Å². The van der Waals surface area contributed by atoms with Gasteiger partial charge < -0.3 is 10.6 Å². The molecule has 0 unspecified atom stereocenters. The first-order valence-corrected chi connectivity index (χ1v) is 10.7. The Kier molecular flexibility index (Phi) is 5.31. The highest BCUT2D eigenvalue weighted by Crippen LogP contribution is 2.42. The highest BCUT2D eigenvalue weighted by Gasteiger charge is 2.36. The summed E-state index contributed by atoms with van der Waals surface area (Å²) in [6.45, 7) is 1.41. The zero-order chi connectivity index (χ0) is 23.1. The van der Waals surface area contributed by atoms with E-state index in [-0.39, 0.29) is 27.5 Å². The van der Waals surface area contributed by atoms with Crippen molar-refractivity contribution < 1.29 is 26.4 Å². The van der Waals surface area contributed by atoms with Gasteiger partial charge in [0, 0.05) is 17.3 Å². The molecule has 0 aliphatic carbocycles. The Labute approximate surface area is 181 Å². The topological polar surface area (TPSA) is 98.7 Å². The number of aromatic nitrogens is 2. The molecule has 4 rings (SSSR count). The SMILES string of the molecule is Cc1c(ONS(=O)(=O)c2ccccc2)ccc(C(F)(F)F)c1-c1cnc2c(N)cccn12. The van der Waals surface area contributed by atoms with Gasteiger partial charge in [-0.3, -0.25) is 4.40 Å². The number of fused-ring (bicyclic) bond motifs is 1. The minimum absolute atomic E-state index is 0.0537. The summed E-state index contributed by atoms with van der Waals surface area (Å²) in [5.41, 5.74) is 5.56. The minimum atomic E-state index is -4.67. The molecule has 0 aliphatic rings. The number of halogens is 3. The van der Waals surface area contributed by atoms with E-state index < -0.39 is 21.8 Å². The number of benzene rings is 2. The Balaban J connectivity index is 1.81. The Morgan fingerprint density at radius 1 is 1.06 bits per heavy atom. The van der Waals surface area contributed by atoms with Crippen LogP contribution in [0.3, 0.4) is 0 Å². The molecule has 0 bridgehead atoms. The maximum Gasteiger partial charge on any atom is 0.417 e. The Hall–Kier alpha value is -3.57. The van der Waals surface area contributed by atoms with E-state index in [1.165, 1.54) is 41.8 Å². The Morgan fingerprint density at radius 3 is 2.47 bits per heavy atom. The average molecular weight is 462 g/mol. The van der Waals surface area contributed by atoms with Crippen LogP contribution < -0.4 is 15.5 Å². The van der Waals surface area contributed by atoms with Gasteiger partial charge in [-0.15, -0.1) is 0 Å². The van der Waals surface area contributed by atoms with Gasteiger partial charge in [-0.25, -0.2) is 13.4 Å². The lowest BCUT2D eigenvalue weighted by atomic mass is 9.98. The van der Waals surface area contributed by atoms with Crippen molar-refractivity contribution in [3.63, 3.8) is 0 Å². The lowest BCUT2D eigenvalue weighted by Crippen LogP contribution is -2.27. The van der Waals surface area contributed by atoms with Crippen LogP contribution in [0.2, 0.25) is 0 Å². The molecule has 0 amide bonds. The maximum atomic E-state index is 13.8. The molecule has 0 spiro atoms. The third-order valence-electron chi connectivity index (χ3n) is 4.86. The van der Waals surface area contributed by atoms with Gasteiger partial charge in [0.25, 0.3) is 10.0 Å². The van der Waals surface area contributed by atoms with E-state index in [9.17, 15) is 21.6 Å². The van der Waals surface area contributed by atoms with Crippen molar-refractivity contribution in [1.29, 1.82) is 0 Å². The maximum absolute atomic E-state index is 13.8. The van der Waals surface area contributed by atoms with Crippen LogP contribution in [0.1, 0.15) is 11.1 Å². The average Bonchev–Trinajstić information content (AvgIpc) is 3.18. The number of nitrogen functional groups attached to an aromatic ring is 1. The van der Waals surface area contributed by atoms with E-state index >= 15 is 0 Å². The molecule has 2 heterocycles. The second-order valence-corrected chi connectivity index (χ2v) is 8.56. The van der Waals surface area contributed by atoms with Gasteiger partial charge in [-0.05, 0) is 48.2 Å². The second-order valence-electron chi connectivity index (χ2n) is 6.91. The lowest BCUT2D eigenvalue weighted by molar-refractivity contribution is -0.137. The molecule has 11 heteroatoms. The molecule has 7 nitrogen and oxygen atoms in total. The number of nitrogens with one attached hydrogen (secondary N) is 1. The Morgan fingerprint density at radius 2 is 1.78 bits per heavy atom. The van der Waals surface area contributed by atoms with Gasteiger partial charge in [0.05, 0.1) is 28.0 Å². The minimum Gasteiger partial charge on any atom is -0.396 e. The predicted octanol–water partition coefficient (Wildman–Crippen LogP) is 4.18.